The predicted molar refractivity (Wildman–Crippen MR) is 105 cm³/mol. The Morgan fingerprint density at radius 1 is 1.12 bits per heavy atom. The predicted octanol–water partition coefficient (Wildman–Crippen LogP) is 4.36. The molecule has 0 aliphatic carbocycles. The number of carbonyl (C=O) groups excluding carboxylic acids is 1. The second-order valence-corrected chi connectivity index (χ2v) is 7.58. The molecule has 0 spiro atoms. The molecule has 2 saturated heterocycles. The van der Waals surface area contributed by atoms with E-state index >= 15 is 0 Å². The van der Waals surface area contributed by atoms with E-state index in [0.29, 0.717) is 24.4 Å². The van der Waals surface area contributed by atoms with Gasteiger partial charge in [0.25, 0.3) is 0 Å². The van der Waals surface area contributed by atoms with E-state index in [-0.39, 0.29) is 24.4 Å². The highest BCUT2D eigenvalue weighted by atomic mass is 35.5. The quantitative estimate of drug-likeness (QED) is 0.852. The van der Waals surface area contributed by atoms with E-state index in [0.717, 1.165) is 12.8 Å². The lowest BCUT2D eigenvalue weighted by molar-refractivity contribution is -0.122. The summed E-state index contributed by atoms with van der Waals surface area (Å²) in [6.45, 7) is 2.08. The van der Waals surface area contributed by atoms with Crippen LogP contribution in [0.2, 0.25) is 0 Å². The SMILES string of the molecule is CC(NC(=O)CC1CC2CCC(C1)N2)c1ccc2ccccc2c1.Cl. The average molecular weight is 359 g/mol. The number of fused-ring (bicyclic) bond motifs is 3. The molecule has 2 aromatic rings. The van der Waals surface area contributed by atoms with E-state index in [1.54, 1.807) is 0 Å². The molecule has 25 heavy (non-hydrogen) atoms. The van der Waals surface area contributed by atoms with E-state index in [2.05, 4.69) is 60.0 Å². The summed E-state index contributed by atoms with van der Waals surface area (Å²) in [4.78, 5) is 12.5. The third kappa shape index (κ3) is 4.16. The number of carbonyl (C=O) groups is 1. The highest BCUT2D eigenvalue weighted by molar-refractivity contribution is 5.85. The minimum absolute atomic E-state index is 0. The fourth-order valence-electron chi connectivity index (χ4n) is 4.46. The third-order valence-corrected chi connectivity index (χ3v) is 5.70. The Morgan fingerprint density at radius 2 is 1.80 bits per heavy atom. The van der Waals surface area contributed by atoms with E-state index in [4.69, 9.17) is 0 Å². The van der Waals surface area contributed by atoms with Gasteiger partial charge in [-0.2, -0.15) is 0 Å². The van der Waals surface area contributed by atoms with Crippen molar-refractivity contribution < 1.29 is 4.79 Å². The van der Waals surface area contributed by atoms with Crippen LogP contribution in [0.5, 0.6) is 0 Å². The van der Waals surface area contributed by atoms with Crippen LogP contribution < -0.4 is 10.6 Å². The van der Waals surface area contributed by atoms with Gasteiger partial charge in [-0.25, -0.2) is 0 Å². The van der Waals surface area contributed by atoms with Gasteiger partial charge in [-0.15, -0.1) is 12.4 Å². The fraction of sp³-hybridized carbons (Fsp3) is 0.476. The van der Waals surface area contributed by atoms with Crippen molar-refractivity contribution >= 4 is 29.1 Å². The van der Waals surface area contributed by atoms with Crippen molar-refractivity contribution in [3.63, 3.8) is 0 Å². The van der Waals surface area contributed by atoms with Crippen LogP contribution in [0.25, 0.3) is 10.8 Å². The average Bonchev–Trinajstić information content (AvgIpc) is 2.92. The van der Waals surface area contributed by atoms with Crippen molar-refractivity contribution in [1.29, 1.82) is 0 Å². The summed E-state index contributed by atoms with van der Waals surface area (Å²) in [5.74, 6) is 0.745. The summed E-state index contributed by atoms with van der Waals surface area (Å²) in [7, 11) is 0. The van der Waals surface area contributed by atoms with Gasteiger partial charge < -0.3 is 10.6 Å². The van der Waals surface area contributed by atoms with Crippen molar-refractivity contribution in [2.75, 3.05) is 0 Å². The first-order valence-corrected chi connectivity index (χ1v) is 9.21. The normalized spacial score (nSPS) is 26.0. The molecule has 0 saturated carbocycles. The summed E-state index contributed by atoms with van der Waals surface area (Å²) in [6.07, 6.45) is 5.57. The fourth-order valence-corrected chi connectivity index (χ4v) is 4.46. The largest absolute Gasteiger partial charge is 0.350 e. The molecule has 2 aliphatic rings. The lowest BCUT2D eigenvalue weighted by Crippen LogP contribution is -2.40. The second-order valence-electron chi connectivity index (χ2n) is 7.58. The smallest absolute Gasteiger partial charge is 0.220 e. The van der Waals surface area contributed by atoms with Gasteiger partial charge in [0.05, 0.1) is 6.04 Å². The summed E-state index contributed by atoms with van der Waals surface area (Å²) >= 11 is 0. The highest BCUT2D eigenvalue weighted by Crippen LogP contribution is 2.32. The Labute approximate surface area is 156 Å². The van der Waals surface area contributed by atoms with E-state index < -0.39 is 0 Å². The van der Waals surface area contributed by atoms with Gasteiger partial charge in [-0.05, 0) is 60.9 Å². The van der Waals surface area contributed by atoms with Gasteiger partial charge >= 0.3 is 0 Å². The van der Waals surface area contributed by atoms with Crippen LogP contribution in [0.4, 0.5) is 0 Å². The molecule has 0 aromatic heterocycles. The van der Waals surface area contributed by atoms with Crippen LogP contribution in [0.1, 0.15) is 50.6 Å². The first kappa shape index (κ1) is 18.2. The van der Waals surface area contributed by atoms with Gasteiger partial charge in [-0.3, -0.25) is 4.79 Å². The maximum absolute atomic E-state index is 12.5. The van der Waals surface area contributed by atoms with E-state index in [9.17, 15) is 4.79 Å². The summed E-state index contributed by atoms with van der Waals surface area (Å²) in [6, 6.07) is 16.2. The Kier molecular flexibility index (Phi) is 5.65. The minimum Gasteiger partial charge on any atom is -0.350 e. The number of amides is 1. The van der Waals surface area contributed by atoms with Gasteiger partial charge in [0.15, 0.2) is 0 Å². The molecule has 1 amide bonds. The Balaban J connectivity index is 0.00000182. The van der Waals surface area contributed by atoms with Gasteiger partial charge in [0, 0.05) is 18.5 Å². The van der Waals surface area contributed by atoms with Gasteiger partial charge in [0.1, 0.15) is 0 Å². The molecule has 0 radical (unpaired) electrons. The molecule has 2 aliphatic heterocycles. The van der Waals surface area contributed by atoms with Crippen molar-refractivity contribution in [3.8, 4) is 0 Å². The van der Waals surface area contributed by atoms with E-state index in [1.807, 2.05) is 0 Å². The Hall–Kier alpha value is -1.58. The van der Waals surface area contributed by atoms with Crippen LogP contribution >= 0.6 is 12.4 Å². The Bertz CT molecular complexity index is 736. The molecule has 2 fully saturated rings. The number of piperidine rings is 1. The summed E-state index contributed by atoms with van der Waals surface area (Å²) in [5, 5.41) is 9.31. The molecule has 2 bridgehead atoms. The standard InChI is InChI=1S/C21H26N2O.ClH/c1-14(17-7-6-16-4-2-3-5-18(16)13-17)22-21(24)12-15-10-19-8-9-20(11-15)23-19;/h2-7,13-15,19-20,23H,8-12H2,1H3,(H,22,24);1H. The van der Waals surface area contributed by atoms with Crippen LogP contribution in [0, 0.1) is 5.92 Å². The zero-order valence-electron chi connectivity index (χ0n) is 14.7. The van der Waals surface area contributed by atoms with Gasteiger partial charge in [0.2, 0.25) is 5.91 Å². The van der Waals surface area contributed by atoms with Crippen molar-refractivity contribution in [2.24, 2.45) is 5.92 Å². The number of hydrogen-bond donors (Lipinski definition) is 2. The molecule has 2 aromatic carbocycles. The maximum atomic E-state index is 12.5. The topological polar surface area (TPSA) is 41.1 Å². The number of nitrogens with one attached hydrogen (secondary N) is 2. The molecule has 3 unspecified atom stereocenters. The number of halogens is 1. The van der Waals surface area contributed by atoms with Crippen LogP contribution in [0.15, 0.2) is 42.5 Å². The molecule has 2 N–H and O–H groups in total. The lowest BCUT2D eigenvalue weighted by atomic mass is 9.89. The number of benzene rings is 2. The van der Waals surface area contributed by atoms with Crippen molar-refractivity contribution in [3.05, 3.63) is 48.0 Å². The molecule has 3 nitrogen and oxygen atoms in total. The summed E-state index contributed by atoms with van der Waals surface area (Å²) in [5.41, 5.74) is 1.17. The van der Waals surface area contributed by atoms with Crippen molar-refractivity contribution in [1.82, 2.24) is 10.6 Å². The van der Waals surface area contributed by atoms with Crippen LogP contribution in [0.3, 0.4) is 0 Å². The van der Waals surface area contributed by atoms with Crippen LogP contribution in [-0.2, 0) is 4.79 Å². The number of rotatable bonds is 4. The molecular formula is C21H27ClN2O. The molecular weight excluding hydrogens is 332 g/mol. The monoisotopic (exact) mass is 358 g/mol. The number of hydrogen-bond acceptors (Lipinski definition) is 2. The lowest BCUT2D eigenvalue weighted by Gasteiger charge is -2.29. The van der Waals surface area contributed by atoms with Gasteiger partial charge in [-0.1, -0.05) is 36.4 Å². The molecule has 4 rings (SSSR count). The summed E-state index contributed by atoms with van der Waals surface area (Å²) < 4.78 is 0. The molecule has 134 valence electrons. The molecule has 3 atom stereocenters. The zero-order chi connectivity index (χ0) is 16.5. The maximum Gasteiger partial charge on any atom is 0.220 e. The molecule has 4 heteroatoms. The first-order valence-electron chi connectivity index (χ1n) is 9.21. The van der Waals surface area contributed by atoms with Crippen molar-refractivity contribution in [2.45, 2.75) is 57.2 Å². The third-order valence-electron chi connectivity index (χ3n) is 5.70. The zero-order valence-corrected chi connectivity index (χ0v) is 15.5. The highest BCUT2D eigenvalue weighted by Gasteiger charge is 2.34. The van der Waals surface area contributed by atoms with Crippen LogP contribution in [-0.4, -0.2) is 18.0 Å². The minimum atomic E-state index is 0. The Morgan fingerprint density at radius 3 is 2.52 bits per heavy atom. The molecule has 2 heterocycles. The second kappa shape index (κ2) is 7.76. The first-order chi connectivity index (χ1) is 11.7. The van der Waals surface area contributed by atoms with E-state index in [1.165, 1.54) is 29.2 Å².